The number of thioether (sulfide) groups is 2. The van der Waals surface area contributed by atoms with Crippen molar-refractivity contribution in [2.24, 2.45) is 5.73 Å². The average molecular weight is 312 g/mol. The number of benzene rings is 1. The number of hydrogen-bond donors (Lipinski definition) is 1. The van der Waals surface area contributed by atoms with E-state index < -0.39 is 0 Å². The molecular formula is C16H25NOS2. The van der Waals surface area contributed by atoms with Gasteiger partial charge in [-0.1, -0.05) is 19.1 Å². The van der Waals surface area contributed by atoms with Crippen LogP contribution in [0.4, 0.5) is 0 Å². The SMILES string of the molecule is CCC1SCCSC1C(N)c1cccc(OC(C)C)c1. The van der Waals surface area contributed by atoms with Gasteiger partial charge in [-0.15, -0.1) is 0 Å². The normalized spacial score (nSPS) is 24.6. The van der Waals surface area contributed by atoms with E-state index in [1.807, 2.05) is 31.7 Å². The summed E-state index contributed by atoms with van der Waals surface area (Å²) >= 11 is 4.11. The third-order valence-corrected chi connectivity index (χ3v) is 6.83. The van der Waals surface area contributed by atoms with Crippen molar-refractivity contribution in [3.63, 3.8) is 0 Å². The Bertz CT molecular complexity index is 425. The maximum atomic E-state index is 6.55. The van der Waals surface area contributed by atoms with E-state index in [0.717, 1.165) is 5.75 Å². The van der Waals surface area contributed by atoms with Crippen molar-refractivity contribution < 1.29 is 4.74 Å². The van der Waals surface area contributed by atoms with Crippen LogP contribution in [-0.4, -0.2) is 28.1 Å². The zero-order valence-corrected chi connectivity index (χ0v) is 14.2. The minimum atomic E-state index is 0.0912. The van der Waals surface area contributed by atoms with Gasteiger partial charge in [0, 0.05) is 28.0 Å². The fourth-order valence-electron chi connectivity index (χ4n) is 2.53. The Kier molecular flexibility index (Phi) is 6.12. The van der Waals surface area contributed by atoms with Crippen LogP contribution >= 0.6 is 23.5 Å². The summed E-state index contributed by atoms with van der Waals surface area (Å²) in [6.07, 6.45) is 1.39. The topological polar surface area (TPSA) is 35.2 Å². The monoisotopic (exact) mass is 311 g/mol. The molecule has 0 aromatic heterocycles. The lowest BCUT2D eigenvalue weighted by molar-refractivity contribution is 0.242. The summed E-state index contributed by atoms with van der Waals surface area (Å²) in [6.45, 7) is 6.36. The first-order chi connectivity index (χ1) is 9.61. The Labute approximate surface area is 131 Å². The Hall–Kier alpha value is -0.320. The van der Waals surface area contributed by atoms with Crippen molar-refractivity contribution in [1.29, 1.82) is 0 Å². The molecule has 1 fully saturated rings. The average Bonchev–Trinajstić information content (AvgIpc) is 2.46. The van der Waals surface area contributed by atoms with E-state index >= 15 is 0 Å². The second kappa shape index (κ2) is 7.62. The lowest BCUT2D eigenvalue weighted by Crippen LogP contribution is -2.35. The fourth-order valence-corrected chi connectivity index (χ4v) is 5.71. The first kappa shape index (κ1) is 16.1. The van der Waals surface area contributed by atoms with Crippen molar-refractivity contribution in [2.45, 2.75) is 49.8 Å². The molecule has 0 radical (unpaired) electrons. The third-order valence-electron chi connectivity index (χ3n) is 3.46. The summed E-state index contributed by atoms with van der Waals surface area (Å²) in [5.41, 5.74) is 7.74. The zero-order chi connectivity index (χ0) is 14.5. The Morgan fingerprint density at radius 2 is 2.05 bits per heavy atom. The molecular weight excluding hydrogens is 286 g/mol. The van der Waals surface area contributed by atoms with Crippen LogP contribution in [0.3, 0.4) is 0 Å². The lowest BCUT2D eigenvalue weighted by Gasteiger charge is -2.34. The van der Waals surface area contributed by atoms with Gasteiger partial charge in [0.1, 0.15) is 5.75 Å². The van der Waals surface area contributed by atoms with Crippen LogP contribution in [0.25, 0.3) is 0 Å². The summed E-state index contributed by atoms with van der Waals surface area (Å²) < 4.78 is 5.78. The summed E-state index contributed by atoms with van der Waals surface area (Å²) in [5.74, 6) is 3.39. The smallest absolute Gasteiger partial charge is 0.120 e. The largest absolute Gasteiger partial charge is 0.491 e. The highest BCUT2D eigenvalue weighted by Crippen LogP contribution is 2.39. The van der Waals surface area contributed by atoms with Gasteiger partial charge < -0.3 is 10.5 Å². The molecule has 0 bridgehead atoms. The van der Waals surface area contributed by atoms with E-state index in [9.17, 15) is 0 Å². The molecule has 3 atom stereocenters. The van der Waals surface area contributed by atoms with Gasteiger partial charge >= 0.3 is 0 Å². The van der Waals surface area contributed by atoms with Crippen LogP contribution in [0.5, 0.6) is 5.75 Å². The summed E-state index contributed by atoms with van der Waals surface area (Å²) in [7, 11) is 0. The molecule has 2 N–H and O–H groups in total. The highest BCUT2D eigenvalue weighted by atomic mass is 32.2. The Morgan fingerprint density at radius 3 is 2.75 bits per heavy atom. The van der Waals surface area contributed by atoms with Gasteiger partial charge in [-0.25, -0.2) is 0 Å². The number of hydrogen-bond acceptors (Lipinski definition) is 4. The molecule has 0 aliphatic carbocycles. The van der Waals surface area contributed by atoms with E-state index in [1.165, 1.54) is 23.5 Å². The summed E-state index contributed by atoms with van der Waals surface area (Å²) in [6, 6.07) is 8.39. The van der Waals surface area contributed by atoms with Crippen LogP contribution in [-0.2, 0) is 0 Å². The van der Waals surface area contributed by atoms with Crippen LogP contribution in [0.1, 0.15) is 38.8 Å². The maximum absolute atomic E-state index is 6.55. The van der Waals surface area contributed by atoms with Crippen molar-refractivity contribution in [3.05, 3.63) is 29.8 Å². The quantitative estimate of drug-likeness (QED) is 0.888. The molecule has 3 unspecified atom stereocenters. The maximum Gasteiger partial charge on any atom is 0.120 e. The molecule has 0 amide bonds. The van der Waals surface area contributed by atoms with E-state index in [2.05, 4.69) is 36.9 Å². The van der Waals surface area contributed by atoms with Gasteiger partial charge in [0.2, 0.25) is 0 Å². The van der Waals surface area contributed by atoms with Gasteiger partial charge in [0.05, 0.1) is 6.10 Å². The lowest BCUT2D eigenvalue weighted by atomic mass is 10.0. The molecule has 112 valence electrons. The van der Waals surface area contributed by atoms with Gasteiger partial charge in [-0.05, 0) is 38.0 Å². The Morgan fingerprint density at radius 1 is 1.30 bits per heavy atom. The van der Waals surface area contributed by atoms with Crippen LogP contribution in [0.2, 0.25) is 0 Å². The Balaban J connectivity index is 2.12. The molecule has 1 aromatic rings. The van der Waals surface area contributed by atoms with E-state index in [0.29, 0.717) is 10.5 Å². The molecule has 2 nitrogen and oxygen atoms in total. The van der Waals surface area contributed by atoms with Crippen molar-refractivity contribution in [3.8, 4) is 5.75 Å². The van der Waals surface area contributed by atoms with Gasteiger partial charge in [-0.2, -0.15) is 23.5 Å². The van der Waals surface area contributed by atoms with Crippen LogP contribution in [0, 0.1) is 0 Å². The zero-order valence-electron chi connectivity index (χ0n) is 12.5. The molecule has 20 heavy (non-hydrogen) atoms. The van der Waals surface area contributed by atoms with Gasteiger partial charge in [0.25, 0.3) is 0 Å². The van der Waals surface area contributed by atoms with E-state index in [1.54, 1.807) is 0 Å². The summed E-state index contributed by atoms with van der Waals surface area (Å²) in [5, 5.41) is 1.17. The molecule has 4 heteroatoms. The third kappa shape index (κ3) is 4.09. The van der Waals surface area contributed by atoms with E-state index in [4.69, 9.17) is 10.5 Å². The van der Waals surface area contributed by atoms with Gasteiger partial charge in [0.15, 0.2) is 0 Å². The molecule has 1 saturated heterocycles. The van der Waals surface area contributed by atoms with Crippen molar-refractivity contribution in [1.82, 2.24) is 0 Å². The minimum absolute atomic E-state index is 0.0912. The fraction of sp³-hybridized carbons (Fsp3) is 0.625. The first-order valence-corrected chi connectivity index (χ1v) is 9.47. The first-order valence-electron chi connectivity index (χ1n) is 7.37. The predicted molar refractivity (Wildman–Crippen MR) is 91.9 cm³/mol. The molecule has 1 heterocycles. The number of ether oxygens (including phenoxy) is 1. The standard InChI is InChI=1S/C16H25NOS2/c1-4-14-16(20-9-8-19-14)15(17)12-6-5-7-13(10-12)18-11(2)3/h5-7,10-11,14-16H,4,8-9,17H2,1-3H3. The van der Waals surface area contributed by atoms with Crippen molar-refractivity contribution >= 4 is 23.5 Å². The van der Waals surface area contributed by atoms with Gasteiger partial charge in [-0.3, -0.25) is 0 Å². The second-order valence-electron chi connectivity index (χ2n) is 5.42. The molecule has 1 aliphatic rings. The summed E-state index contributed by atoms with van der Waals surface area (Å²) in [4.78, 5) is 0. The predicted octanol–water partition coefficient (Wildman–Crippen LogP) is 4.10. The highest BCUT2D eigenvalue weighted by Gasteiger charge is 2.30. The molecule has 0 saturated carbocycles. The number of nitrogens with two attached hydrogens (primary N) is 1. The highest BCUT2D eigenvalue weighted by molar-refractivity contribution is 8.07. The molecule has 1 aromatic carbocycles. The van der Waals surface area contributed by atoms with Crippen LogP contribution in [0.15, 0.2) is 24.3 Å². The minimum Gasteiger partial charge on any atom is -0.491 e. The van der Waals surface area contributed by atoms with E-state index in [-0.39, 0.29) is 12.1 Å². The number of rotatable bonds is 5. The molecule has 1 aliphatic heterocycles. The molecule has 0 spiro atoms. The van der Waals surface area contributed by atoms with Crippen LogP contribution < -0.4 is 10.5 Å². The van der Waals surface area contributed by atoms with Crippen molar-refractivity contribution in [2.75, 3.05) is 11.5 Å². The molecule has 2 rings (SSSR count). The second-order valence-corrected chi connectivity index (χ2v) is 8.05.